The van der Waals surface area contributed by atoms with Gasteiger partial charge in [0.15, 0.2) is 11.5 Å². The molecule has 0 aliphatic carbocycles. The number of carbonyl (C=O) groups is 1. The molecule has 0 radical (unpaired) electrons. The van der Waals surface area contributed by atoms with Crippen LogP contribution in [0.15, 0.2) is 55.1 Å². The fourth-order valence-corrected chi connectivity index (χ4v) is 5.03. The van der Waals surface area contributed by atoms with E-state index < -0.39 is 17.0 Å². The van der Waals surface area contributed by atoms with Crippen molar-refractivity contribution in [2.45, 2.75) is 20.8 Å². The number of rotatable bonds is 8. The molecule has 6 aromatic rings. The highest BCUT2D eigenvalue weighted by atomic mass is 19.1. The van der Waals surface area contributed by atoms with Crippen LogP contribution in [0.1, 0.15) is 20.8 Å². The van der Waals surface area contributed by atoms with Gasteiger partial charge in [0.25, 0.3) is 0 Å². The van der Waals surface area contributed by atoms with Crippen LogP contribution in [0.4, 0.5) is 20.2 Å². The van der Waals surface area contributed by atoms with Crippen molar-refractivity contribution in [2.24, 2.45) is 12.5 Å². The first-order valence-electron chi connectivity index (χ1n) is 14.7. The number of benzene rings is 1. The quantitative estimate of drug-likeness (QED) is 0.192. The smallest absolute Gasteiger partial charge is 0.229 e. The molecule has 0 aliphatic rings. The van der Waals surface area contributed by atoms with Crippen LogP contribution in [0.5, 0.6) is 0 Å². The third-order valence-corrected chi connectivity index (χ3v) is 7.46. The predicted octanol–water partition coefficient (Wildman–Crippen LogP) is 5.87. The minimum absolute atomic E-state index is 0.163. The highest BCUT2D eigenvalue weighted by Gasteiger charge is 2.24. The van der Waals surface area contributed by atoms with Crippen molar-refractivity contribution in [1.82, 2.24) is 39.6 Å². The number of likely N-dealkylation sites (N-methyl/N-ethyl adjacent to an activating group) is 1. The number of anilines is 2. The first-order chi connectivity index (χ1) is 21.9. The first kappa shape index (κ1) is 30.7. The molecule has 1 aromatic carbocycles. The van der Waals surface area contributed by atoms with Crippen LogP contribution in [-0.4, -0.2) is 72.7 Å². The number of hydrogen-bond donors (Lipinski definition) is 3. The van der Waals surface area contributed by atoms with Crippen molar-refractivity contribution in [3.8, 4) is 33.9 Å². The number of imidazole rings is 1. The van der Waals surface area contributed by atoms with Gasteiger partial charge in [0.2, 0.25) is 5.91 Å². The lowest BCUT2D eigenvalue weighted by Gasteiger charge is -2.17. The van der Waals surface area contributed by atoms with Crippen molar-refractivity contribution in [1.29, 1.82) is 0 Å². The van der Waals surface area contributed by atoms with E-state index in [9.17, 15) is 9.18 Å². The third kappa shape index (κ3) is 6.01. The monoisotopic (exact) mass is 624 g/mol. The summed E-state index contributed by atoms with van der Waals surface area (Å²) in [7, 11) is 5.61. The van der Waals surface area contributed by atoms with Gasteiger partial charge in [-0.1, -0.05) is 20.8 Å². The van der Waals surface area contributed by atoms with E-state index in [0.29, 0.717) is 57.2 Å². The molecule has 0 unspecified atom stereocenters. The maximum absolute atomic E-state index is 16.4. The summed E-state index contributed by atoms with van der Waals surface area (Å²) >= 11 is 0. The minimum atomic E-state index is -0.617. The second-order valence-electron chi connectivity index (χ2n) is 12.4. The summed E-state index contributed by atoms with van der Waals surface area (Å²) in [5, 5.41) is 10.8. The summed E-state index contributed by atoms with van der Waals surface area (Å²) in [5.74, 6) is -0.861. The summed E-state index contributed by atoms with van der Waals surface area (Å²) < 4.78 is 32.6. The Bertz CT molecular complexity index is 2090. The lowest BCUT2D eigenvalue weighted by Crippen LogP contribution is -2.27. The van der Waals surface area contributed by atoms with E-state index >= 15 is 4.39 Å². The number of fused-ring (bicyclic) bond motifs is 2. The highest BCUT2D eigenvalue weighted by molar-refractivity contribution is 5.98. The number of amides is 1. The number of H-pyrrole nitrogens is 1. The number of hydrogen-bond acceptors (Lipinski definition) is 8. The summed E-state index contributed by atoms with van der Waals surface area (Å²) in [6.45, 7) is 6.83. The number of nitrogens with zero attached hydrogens (tertiary/aromatic N) is 7. The van der Waals surface area contributed by atoms with Crippen molar-refractivity contribution in [2.75, 3.05) is 37.8 Å². The molecule has 5 heterocycles. The second-order valence-corrected chi connectivity index (χ2v) is 12.4. The third-order valence-electron chi connectivity index (χ3n) is 7.46. The van der Waals surface area contributed by atoms with Gasteiger partial charge >= 0.3 is 0 Å². The molecule has 0 bridgehead atoms. The number of halogens is 2. The van der Waals surface area contributed by atoms with Gasteiger partial charge in [-0.3, -0.25) is 14.8 Å². The molecule has 1 amide bonds. The van der Waals surface area contributed by atoms with Gasteiger partial charge in [0.05, 0.1) is 28.5 Å². The molecule has 6 rings (SSSR count). The van der Waals surface area contributed by atoms with Crippen LogP contribution in [-0.2, 0) is 11.8 Å². The van der Waals surface area contributed by atoms with Crippen LogP contribution < -0.4 is 10.6 Å². The zero-order chi connectivity index (χ0) is 32.7. The first-order valence-corrected chi connectivity index (χ1v) is 14.7. The molecule has 0 spiro atoms. The molecule has 236 valence electrons. The zero-order valence-corrected chi connectivity index (χ0v) is 26.4. The molecule has 13 heteroatoms. The predicted molar refractivity (Wildman–Crippen MR) is 175 cm³/mol. The maximum Gasteiger partial charge on any atom is 0.229 e. The van der Waals surface area contributed by atoms with Crippen LogP contribution in [0.25, 0.3) is 56.0 Å². The van der Waals surface area contributed by atoms with Gasteiger partial charge in [0, 0.05) is 66.5 Å². The van der Waals surface area contributed by atoms with Crippen molar-refractivity contribution in [3.63, 3.8) is 0 Å². The average Bonchev–Trinajstić information content (AvgIpc) is 3.58. The van der Waals surface area contributed by atoms with Gasteiger partial charge in [-0.05, 0) is 44.4 Å². The van der Waals surface area contributed by atoms with E-state index in [0.717, 1.165) is 6.54 Å². The van der Waals surface area contributed by atoms with Gasteiger partial charge < -0.3 is 20.5 Å². The molecule has 11 nitrogen and oxygen atoms in total. The van der Waals surface area contributed by atoms with E-state index in [4.69, 9.17) is 4.98 Å². The Morgan fingerprint density at radius 1 is 1.00 bits per heavy atom. The number of aromatic nitrogens is 7. The lowest BCUT2D eigenvalue weighted by molar-refractivity contribution is -0.123. The Hall–Kier alpha value is -5.30. The Labute approximate surface area is 264 Å². The van der Waals surface area contributed by atoms with Gasteiger partial charge in [-0.15, -0.1) is 0 Å². The normalized spacial score (nSPS) is 11.9. The van der Waals surface area contributed by atoms with E-state index in [1.54, 1.807) is 46.1 Å². The Balaban J connectivity index is 1.41. The fraction of sp³-hybridized carbons (Fsp3) is 0.273. The molecule has 0 saturated heterocycles. The summed E-state index contributed by atoms with van der Waals surface area (Å²) in [4.78, 5) is 35.8. The number of pyridine rings is 3. The molecule has 0 aliphatic heterocycles. The molecule has 0 fully saturated rings. The van der Waals surface area contributed by atoms with E-state index in [1.807, 2.05) is 25.1 Å². The second kappa shape index (κ2) is 11.9. The number of nitrogens with one attached hydrogen (secondary N) is 3. The summed E-state index contributed by atoms with van der Waals surface area (Å²) in [5.41, 5.74) is 3.76. The number of aryl methyl sites for hydroxylation is 1. The molecule has 0 saturated carbocycles. The molecular formula is C33H34F2N10O. The average molecular weight is 625 g/mol. The fourth-order valence-electron chi connectivity index (χ4n) is 5.03. The van der Waals surface area contributed by atoms with E-state index in [2.05, 4.69) is 35.7 Å². The van der Waals surface area contributed by atoms with Gasteiger partial charge in [0.1, 0.15) is 22.8 Å². The highest BCUT2D eigenvalue weighted by Crippen LogP contribution is 2.35. The molecule has 3 N–H and O–H groups in total. The van der Waals surface area contributed by atoms with Crippen molar-refractivity contribution < 1.29 is 13.6 Å². The number of carbonyl (C=O) groups excluding carboxylic acids is 1. The SMILES string of the molecule is CN(C)CCNc1cc(F)cc(-c2nccc3[nH]c(-c4nn(C)c5ncc(-c6cncc(NC(=O)C(C)(C)C)c6)c(F)c45)nc23)c1. The Morgan fingerprint density at radius 2 is 1.78 bits per heavy atom. The largest absolute Gasteiger partial charge is 0.384 e. The Morgan fingerprint density at radius 3 is 2.54 bits per heavy atom. The van der Waals surface area contributed by atoms with Crippen LogP contribution >= 0.6 is 0 Å². The van der Waals surface area contributed by atoms with Crippen LogP contribution in [0.2, 0.25) is 0 Å². The maximum atomic E-state index is 16.4. The van der Waals surface area contributed by atoms with Crippen LogP contribution in [0, 0.1) is 17.0 Å². The standard InChI is InChI=1S/C33H34F2N10O/c1-33(2,3)32(46)40-22-13-19(15-36-16-22)23-17-39-31-25(26(23)35)29(43-45(31)6)30-41-24-7-8-38-27(28(24)42-30)18-11-20(34)14-21(12-18)37-9-10-44(4)5/h7-8,11-17,37H,9-10H2,1-6H3,(H,40,46)(H,41,42). The molecule has 0 atom stereocenters. The molecular weight excluding hydrogens is 590 g/mol. The lowest BCUT2D eigenvalue weighted by atomic mass is 9.95. The van der Waals surface area contributed by atoms with E-state index in [-0.39, 0.29) is 22.6 Å². The molecule has 5 aromatic heterocycles. The van der Waals surface area contributed by atoms with E-state index in [1.165, 1.54) is 35.4 Å². The topological polar surface area (TPSA) is 130 Å². The van der Waals surface area contributed by atoms with Crippen molar-refractivity contribution in [3.05, 3.63) is 66.8 Å². The summed E-state index contributed by atoms with van der Waals surface area (Å²) in [6, 6.07) is 8.07. The van der Waals surface area contributed by atoms with Crippen LogP contribution in [0.3, 0.4) is 0 Å². The van der Waals surface area contributed by atoms with Gasteiger partial charge in [-0.25, -0.2) is 23.4 Å². The summed E-state index contributed by atoms with van der Waals surface area (Å²) in [6.07, 6.45) is 6.05. The zero-order valence-electron chi connectivity index (χ0n) is 26.4. The molecule has 46 heavy (non-hydrogen) atoms. The van der Waals surface area contributed by atoms with Gasteiger partial charge in [-0.2, -0.15) is 5.10 Å². The van der Waals surface area contributed by atoms with Crippen molar-refractivity contribution >= 4 is 39.3 Å². The Kier molecular flexibility index (Phi) is 7.94. The minimum Gasteiger partial charge on any atom is -0.384 e. The number of aromatic amines is 1.